The zero-order chi connectivity index (χ0) is 37.0. The lowest BCUT2D eigenvalue weighted by Crippen LogP contribution is -2.52. The van der Waals surface area contributed by atoms with E-state index in [0.717, 1.165) is 25.0 Å². The topological polar surface area (TPSA) is 114 Å². The number of carbonyl (C=O) groups excluding carboxylic acids is 1. The first-order valence-electron chi connectivity index (χ1n) is 18.6. The van der Waals surface area contributed by atoms with Crippen molar-refractivity contribution < 1.29 is 32.5 Å². The molecular weight excluding hydrogens is 696 g/mol. The Kier molecular flexibility index (Phi) is 8.95. The Balaban J connectivity index is 1.09. The van der Waals surface area contributed by atoms with Crippen molar-refractivity contribution in [1.29, 1.82) is 0 Å². The van der Waals surface area contributed by atoms with Gasteiger partial charge in [0, 0.05) is 68.7 Å². The van der Waals surface area contributed by atoms with Gasteiger partial charge in [0.1, 0.15) is 41.4 Å². The highest BCUT2D eigenvalue weighted by Gasteiger charge is 2.51. The quantitative estimate of drug-likeness (QED) is 0.220. The molecule has 1 amide bonds. The monoisotopic (exact) mass is 737 g/mol. The molecule has 0 radical (unpaired) electrons. The number of rotatable bonds is 6. The van der Waals surface area contributed by atoms with Crippen LogP contribution in [0.1, 0.15) is 31.2 Å². The highest BCUT2D eigenvalue weighted by atomic mass is 19.1. The van der Waals surface area contributed by atoms with Crippen LogP contribution in [0, 0.1) is 24.0 Å². The number of amides is 1. The van der Waals surface area contributed by atoms with Gasteiger partial charge in [-0.3, -0.25) is 4.90 Å². The maximum Gasteiger partial charge on any atom is 0.409 e. The van der Waals surface area contributed by atoms with Crippen molar-refractivity contribution in [2.45, 2.75) is 43.3 Å². The molecule has 0 spiro atoms. The predicted octanol–water partition coefficient (Wildman–Crippen LogP) is 4.68. The number of hydrogen-bond donors (Lipinski definition) is 1. The van der Waals surface area contributed by atoms with E-state index in [1.54, 1.807) is 29.2 Å². The molecule has 0 saturated carbocycles. The number of nitrogens with zero attached hydrogens (tertiary/aromatic N) is 6. The largest absolute Gasteiger partial charge is 0.477 e. The SMILES string of the molecule is C#Cc1c(F)ccc2cccc(-c3nc4c5c(nc(OC[C@@]67CC[C@@H](COC(=O)N8CCOCC8)N6CC(=C)C7)nc5c3F)N3CCNCC3CCO4)c12. The summed E-state index contributed by atoms with van der Waals surface area (Å²) < 4.78 is 56.2. The van der Waals surface area contributed by atoms with Gasteiger partial charge >= 0.3 is 12.1 Å². The van der Waals surface area contributed by atoms with Crippen molar-refractivity contribution in [3.8, 4) is 35.5 Å². The second-order valence-electron chi connectivity index (χ2n) is 14.7. The molecule has 5 aliphatic heterocycles. The van der Waals surface area contributed by atoms with Crippen LogP contribution in [-0.2, 0) is 9.47 Å². The van der Waals surface area contributed by atoms with Crippen LogP contribution in [0.3, 0.4) is 0 Å². The van der Waals surface area contributed by atoms with E-state index >= 15 is 8.78 Å². The second-order valence-corrected chi connectivity index (χ2v) is 14.7. The van der Waals surface area contributed by atoms with Crippen LogP contribution in [0.5, 0.6) is 11.9 Å². The molecule has 5 aliphatic rings. The van der Waals surface area contributed by atoms with Gasteiger partial charge in [0.2, 0.25) is 5.88 Å². The molecule has 9 rings (SSSR count). The van der Waals surface area contributed by atoms with Crippen LogP contribution in [0.4, 0.5) is 19.4 Å². The summed E-state index contributed by atoms with van der Waals surface area (Å²) >= 11 is 0. The van der Waals surface area contributed by atoms with Gasteiger partial charge < -0.3 is 34.1 Å². The molecule has 12 nitrogen and oxygen atoms in total. The number of hydrogen-bond acceptors (Lipinski definition) is 11. The average Bonchev–Trinajstić information content (AvgIpc) is 3.69. The van der Waals surface area contributed by atoms with Crippen molar-refractivity contribution >= 4 is 33.6 Å². The van der Waals surface area contributed by atoms with Gasteiger partial charge in [0.05, 0.1) is 30.9 Å². The van der Waals surface area contributed by atoms with Gasteiger partial charge in [-0.15, -0.1) is 6.42 Å². The summed E-state index contributed by atoms with van der Waals surface area (Å²) in [5.41, 5.74) is 0.944. The van der Waals surface area contributed by atoms with Gasteiger partial charge in [-0.25, -0.2) is 18.6 Å². The summed E-state index contributed by atoms with van der Waals surface area (Å²) in [4.78, 5) is 33.4. The van der Waals surface area contributed by atoms with Crippen molar-refractivity contribution in [2.24, 2.45) is 0 Å². The normalized spacial score (nSPS) is 24.1. The Hall–Kier alpha value is -5.10. The molecule has 0 bridgehead atoms. The number of benzene rings is 2. The van der Waals surface area contributed by atoms with Crippen LogP contribution in [-0.4, -0.2) is 121 Å². The number of anilines is 1. The van der Waals surface area contributed by atoms with E-state index in [1.807, 2.05) is 0 Å². The van der Waals surface area contributed by atoms with Gasteiger partial charge in [0.15, 0.2) is 5.82 Å². The minimum Gasteiger partial charge on any atom is -0.477 e. The Morgan fingerprint density at radius 1 is 1.09 bits per heavy atom. The van der Waals surface area contributed by atoms with Crippen molar-refractivity contribution in [3.63, 3.8) is 0 Å². The highest BCUT2D eigenvalue weighted by molar-refractivity contribution is 6.03. The number of carbonyl (C=O) groups is 1. The molecule has 0 aliphatic carbocycles. The fraction of sp³-hybridized carbons (Fsp3) is 0.450. The first-order chi connectivity index (χ1) is 26.3. The van der Waals surface area contributed by atoms with E-state index in [-0.39, 0.29) is 60.1 Å². The van der Waals surface area contributed by atoms with E-state index in [0.29, 0.717) is 92.9 Å². The number of halogens is 2. The fourth-order valence-electron chi connectivity index (χ4n) is 8.89. The van der Waals surface area contributed by atoms with Crippen LogP contribution in [0.2, 0.25) is 0 Å². The molecular formula is C40H41F2N7O5. The number of piperazine rings is 1. The first kappa shape index (κ1) is 34.7. The molecule has 2 aromatic carbocycles. The van der Waals surface area contributed by atoms with Gasteiger partial charge in [-0.05, 0) is 30.7 Å². The molecule has 1 N–H and O–H groups in total. The average molecular weight is 738 g/mol. The number of aromatic nitrogens is 3. The van der Waals surface area contributed by atoms with Crippen molar-refractivity contribution in [2.75, 3.05) is 77.2 Å². The number of pyridine rings is 1. The molecule has 1 unspecified atom stereocenters. The third kappa shape index (κ3) is 5.95. The Morgan fingerprint density at radius 2 is 1.96 bits per heavy atom. The summed E-state index contributed by atoms with van der Waals surface area (Å²) in [5, 5.41) is 4.83. The van der Waals surface area contributed by atoms with Crippen molar-refractivity contribution in [1.82, 2.24) is 30.1 Å². The molecule has 54 heavy (non-hydrogen) atoms. The minimum atomic E-state index is -0.713. The Morgan fingerprint density at radius 3 is 2.81 bits per heavy atom. The third-order valence-corrected chi connectivity index (χ3v) is 11.5. The first-order valence-corrected chi connectivity index (χ1v) is 18.6. The van der Waals surface area contributed by atoms with Gasteiger partial charge in [-0.2, -0.15) is 9.97 Å². The van der Waals surface area contributed by atoms with Crippen LogP contribution in [0.15, 0.2) is 42.5 Å². The molecule has 7 heterocycles. The molecule has 4 saturated heterocycles. The molecule has 280 valence electrons. The maximum atomic E-state index is 17.2. The summed E-state index contributed by atoms with van der Waals surface area (Å²) in [5.74, 6) is 1.84. The molecule has 3 atom stereocenters. The summed E-state index contributed by atoms with van der Waals surface area (Å²) in [7, 11) is 0. The molecule has 4 fully saturated rings. The molecule has 4 aromatic rings. The molecule has 2 aromatic heterocycles. The summed E-state index contributed by atoms with van der Waals surface area (Å²) in [6.07, 6.45) is 8.45. The van der Waals surface area contributed by atoms with Gasteiger partial charge in [-0.1, -0.05) is 42.3 Å². The summed E-state index contributed by atoms with van der Waals surface area (Å²) in [6, 6.07) is 8.22. The number of terminal acetylenes is 1. The number of nitrogens with one attached hydrogen (secondary N) is 1. The maximum absolute atomic E-state index is 17.2. The van der Waals surface area contributed by atoms with Crippen LogP contribution < -0.4 is 19.7 Å². The lowest BCUT2D eigenvalue weighted by molar-refractivity contribution is 0.0139. The zero-order valence-corrected chi connectivity index (χ0v) is 29.9. The smallest absolute Gasteiger partial charge is 0.409 e. The summed E-state index contributed by atoms with van der Waals surface area (Å²) in [6.45, 7) is 9.90. The van der Waals surface area contributed by atoms with Gasteiger partial charge in [0.25, 0.3) is 0 Å². The van der Waals surface area contributed by atoms with Crippen LogP contribution in [0.25, 0.3) is 32.9 Å². The van der Waals surface area contributed by atoms with E-state index in [1.165, 1.54) is 6.07 Å². The lowest BCUT2D eigenvalue weighted by atomic mass is 9.94. The number of fused-ring (bicyclic) bond motifs is 4. The second kappa shape index (κ2) is 14.0. The predicted molar refractivity (Wildman–Crippen MR) is 198 cm³/mol. The van der Waals surface area contributed by atoms with E-state index in [9.17, 15) is 4.79 Å². The third-order valence-electron chi connectivity index (χ3n) is 11.5. The van der Waals surface area contributed by atoms with E-state index < -0.39 is 17.2 Å². The van der Waals surface area contributed by atoms with Crippen LogP contribution >= 0.6 is 0 Å². The standard InChI is InChI=1S/C40H41F2N7O5/c1-3-28-30(41)8-7-25-5-4-6-29(31(25)28)34-33(42)35-32-36(48-13-12-43-20-26(48)10-16-52-37(32)44-34)46-38(45-35)54-23-40-11-9-27(49(40)21-24(2)19-40)22-53-39(50)47-14-17-51-18-15-47/h1,4-8,26-27,43H,2,9-23H2/t26?,27-,40-/m0/s1. The fourth-order valence-corrected chi connectivity index (χ4v) is 8.89. The Labute approximate surface area is 311 Å². The molecule has 14 heteroatoms. The number of ether oxygens (including phenoxy) is 4. The Bertz CT molecular complexity index is 2210. The highest BCUT2D eigenvalue weighted by Crippen LogP contribution is 2.46. The lowest BCUT2D eigenvalue weighted by Gasteiger charge is -2.39. The van der Waals surface area contributed by atoms with E-state index in [4.69, 9.17) is 40.3 Å². The van der Waals surface area contributed by atoms with Crippen molar-refractivity contribution in [3.05, 3.63) is 59.7 Å². The number of morpholine rings is 1. The zero-order valence-electron chi connectivity index (χ0n) is 29.9. The van der Waals surface area contributed by atoms with E-state index in [2.05, 4.69) is 27.6 Å². The minimum absolute atomic E-state index is 0.00499.